The van der Waals surface area contributed by atoms with Crippen molar-refractivity contribution in [3.63, 3.8) is 0 Å². The van der Waals surface area contributed by atoms with Crippen LogP contribution in [0, 0.1) is 5.92 Å². The SMILES string of the molecule is CCC(CC)C(NN)C1CCCO1. The first-order chi connectivity index (χ1) is 6.33. The van der Waals surface area contributed by atoms with Gasteiger partial charge in [-0.15, -0.1) is 0 Å². The molecule has 0 spiro atoms. The van der Waals surface area contributed by atoms with Gasteiger partial charge in [0.15, 0.2) is 0 Å². The van der Waals surface area contributed by atoms with E-state index in [0.29, 0.717) is 18.1 Å². The summed E-state index contributed by atoms with van der Waals surface area (Å²) in [5, 5.41) is 0. The molecule has 0 aromatic rings. The van der Waals surface area contributed by atoms with Gasteiger partial charge >= 0.3 is 0 Å². The number of hydrogen-bond donors (Lipinski definition) is 2. The lowest BCUT2D eigenvalue weighted by Crippen LogP contribution is -2.48. The number of nitrogens with two attached hydrogens (primary N) is 1. The minimum atomic E-state index is 0.342. The Hall–Kier alpha value is -0.120. The molecule has 1 saturated heterocycles. The smallest absolute Gasteiger partial charge is 0.0745 e. The monoisotopic (exact) mass is 186 g/mol. The average molecular weight is 186 g/mol. The molecule has 1 aliphatic rings. The first-order valence-electron chi connectivity index (χ1n) is 5.41. The number of hydrogen-bond acceptors (Lipinski definition) is 3. The molecule has 0 radical (unpaired) electrons. The quantitative estimate of drug-likeness (QED) is 0.504. The molecule has 78 valence electrons. The maximum atomic E-state index is 5.65. The van der Waals surface area contributed by atoms with E-state index in [1.54, 1.807) is 0 Å². The van der Waals surface area contributed by atoms with Gasteiger partial charge in [0.2, 0.25) is 0 Å². The zero-order valence-electron chi connectivity index (χ0n) is 8.75. The highest BCUT2D eigenvalue weighted by Crippen LogP contribution is 2.23. The fraction of sp³-hybridized carbons (Fsp3) is 1.00. The van der Waals surface area contributed by atoms with E-state index < -0.39 is 0 Å². The van der Waals surface area contributed by atoms with E-state index >= 15 is 0 Å². The highest BCUT2D eigenvalue weighted by molar-refractivity contribution is 4.83. The van der Waals surface area contributed by atoms with Crippen LogP contribution in [0.25, 0.3) is 0 Å². The van der Waals surface area contributed by atoms with Crippen molar-refractivity contribution in [1.82, 2.24) is 5.43 Å². The van der Waals surface area contributed by atoms with Crippen LogP contribution in [-0.2, 0) is 4.74 Å². The highest BCUT2D eigenvalue weighted by Gasteiger charge is 2.29. The molecule has 3 heteroatoms. The van der Waals surface area contributed by atoms with Crippen LogP contribution in [0.1, 0.15) is 39.5 Å². The molecule has 3 nitrogen and oxygen atoms in total. The predicted octanol–water partition coefficient (Wildman–Crippen LogP) is 1.43. The third-order valence-electron chi connectivity index (χ3n) is 3.11. The summed E-state index contributed by atoms with van der Waals surface area (Å²) in [6.07, 6.45) is 5.03. The molecule has 0 amide bonds. The summed E-state index contributed by atoms with van der Waals surface area (Å²) in [7, 11) is 0. The van der Waals surface area contributed by atoms with E-state index in [-0.39, 0.29) is 0 Å². The first-order valence-corrected chi connectivity index (χ1v) is 5.41. The van der Waals surface area contributed by atoms with Crippen LogP contribution in [0.5, 0.6) is 0 Å². The van der Waals surface area contributed by atoms with Gasteiger partial charge in [-0.3, -0.25) is 11.3 Å². The highest BCUT2D eigenvalue weighted by atomic mass is 16.5. The van der Waals surface area contributed by atoms with Gasteiger partial charge < -0.3 is 4.74 Å². The molecule has 1 fully saturated rings. The van der Waals surface area contributed by atoms with E-state index in [4.69, 9.17) is 10.6 Å². The lowest BCUT2D eigenvalue weighted by atomic mass is 9.89. The van der Waals surface area contributed by atoms with Crippen molar-refractivity contribution in [3.8, 4) is 0 Å². The maximum Gasteiger partial charge on any atom is 0.0745 e. The Morgan fingerprint density at radius 3 is 2.54 bits per heavy atom. The Bertz CT molecular complexity index is 129. The topological polar surface area (TPSA) is 47.3 Å². The molecule has 0 saturated carbocycles. The summed E-state index contributed by atoms with van der Waals surface area (Å²) in [4.78, 5) is 0. The van der Waals surface area contributed by atoms with E-state index in [1.165, 1.54) is 19.3 Å². The molecule has 0 bridgehead atoms. The second kappa shape index (κ2) is 5.58. The van der Waals surface area contributed by atoms with Crippen LogP contribution in [0.3, 0.4) is 0 Å². The van der Waals surface area contributed by atoms with Crippen LogP contribution in [0.2, 0.25) is 0 Å². The van der Waals surface area contributed by atoms with Crippen molar-refractivity contribution in [2.75, 3.05) is 6.61 Å². The van der Waals surface area contributed by atoms with Crippen LogP contribution < -0.4 is 11.3 Å². The first kappa shape index (κ1) is 11.0. The summed E-state index contributed by atoms with van der Waals surface area (Å²) >= 11 is 0. The Labute approximate surface area is 81.0 Å². The second-order valence-electron chi connectivity index (χ2n) is 3.82. The van der Waals surface area contributed by atoms with Crippen LogP contribution in [0.15, 0.2) is 0 Å². The van der Waals surface area contributed by atoms with Crippen LogP contribution >= 0.6 is 0 Å². The van der Waals surface area contributed by atoms with Gasteiger partial charge in [0.05, 0.1) is 12.1 Å². The Morgan fingerprint density at radius 1 is 1.46 bits per heavy atom. The second-order valence-corrected chi connectivity index (χ2v) is 3.82. The van der Waals surface area contributed by atoms with Crippen LogP contribution in [0.4, 0.5) is 0 Å². The standard InChI is InChI=1S/C10H22N2O/c1-3-8(4-2)10(12-11)9-6-5-7-13-9/h8-10,12H,3-7,11H2,1-2H3. The molecule has 0 aromatic carbocycles. The number of rotatable bonds is 5. The number of nitrogens with one attached hydrogen (secondary N) is 1. The van der Waals surface area contributed by atoms with Crippen molar-refractivity contribution in [3.05, 3.63) is 0 Å². The molecular weight excluding hydrogens is 164 g/mol. The Balaban J connectivity index is 2.48. The van der Waals surface area contributed by atoms with Gasteiger partial charge in [-0.1, -0.05) is 26.7 Å². The van der Waals surface area contributed by atoms with Gasteiger partial charge in [-0.05, 0) is 18.8 Å². The maximum absolute atomic E-state index is 5.65. The van der Waals surface area contributed by atoms with E-state index in [2.05, 4.69) is 19.3 Å². The van der Waals surface area contributed by atoms with E-state index in [0.717, 1.165) is 13.0 Å². The summed E-state index contributed by atoms with van der Waals surface area (Å²) in [6.45, 7) is 5.34. The molecule has 2 atom stereocenters. The van der Waals surface area contributed by atoms with E-state index in [1.807, 2.05) is 0 Å². The molecule has 3 N–H and O–H groups in total. The van der Waals surface area contributed by atoms with Crippen molar-refractivity contribution >= 4 is 0 Å². The van der Waals surface area contributed by atoms with Crippen LogP contribution in [-0.4, -0.2) is 18.8 Å². The lowest BCUT2D eigenvalue weighted by Gasteiger charge is -2.29. The zero-order chi connectivity index (χ0) is 9.68. The number of ether oxygens (including phenoxy) is 1. The molecule has 13 heavy (non-hydrogen) atoms. The van der Waals surface area contributed by atoms with Gasteiger partial charge in [0, 0.05) is 6.61 Å². The van der Waals surface area contributed by atoms with Gasteiger partial charge in [0.1, 0.15) is 0 Å². The molecule has 0 aromatic heterocycles. The molecule has 1 aliphatic heterocycles. The normalized spacial score (nSPS) is 25.4. The summed E-state index contributed by atoms with van der Waals surface area (Å²) in [6, 6.07) is 0.345. The van der Waals surface area contributed by atoms with Gasteiger partial charge in [0.25, 0.3) is 0 Å². The van der Waals surface area contributed by atoms with Crippen molar-refractivity contribution < 1.29 is 4.74 Å². The Kier molecular flexibility index (Phi) is 4.70. The summed E-state index contributed by atoms with van der Waals surface area (Å²) in [5.41, 5.74) is 2.92. The fourth-order valence-electron chi connectivity index (χ4n) is 2.23. The largest absolute Gasteiger partial charge is 0.377 e. The summed E-state index contributed by atoms with van der Waals surface area (Å²) < 4.78 is 5.65. The minimum Gasteiger partial charge on any atom is -0.377 e. The molecule has 1 heterocycles. The van der Waals surface area contributed by atoms with Crippen molar-refractivity contribution in [1.29, 1.82) is 0 Å². The number of hydrazine groups is 1. The predicted molar refractivity (Wildman–Crippen MR) is 54.2 cm³/mol. The third kappa shape index (κ3) is 2.66. The zero-order valence-corrected chi connectivity index (χ0v) is 8.75. The molecular formula is C10H22N2O. The molecule has 0 aliphatic carbocycles. The third-order valence-corrected chi connectivity index (χ3v) is 3.11. The average Bonchev–Trinajstić information content (AvgIpc) is 2.66. The van der Waals surface area contributed by atoms with Gasteiger partial charge in [-0.2, -0.15) is 0 Å². The molecule has 1 rings (SSSR count). The Morgan fingerprint density at radius 2 is 2.15 bits per heavy atom. The molecule has 2 unspecified atom stereocenters. The lowest BCUT2D eigenvalue weighted by molar-refractivity contribution is 0.0558. The minimum absolute atomic E-state index is 0.342. The summed E-state index contributed by atoms with van der Waals surface area (Å²) in [5.74, 6) is 6.22. The fourth-order valence-corrected chi connectivity index (χ4v) is 2.23. The van der Waals surface area contributed by atoms with Crippen molar-refractivity contribution in [2.24, 2.45) is 11.8 Å². The van der Waals surface area contributed by atoms with Gasteiger partial charge in [-0.25, -0.2) is 0 Å². The van der Waals surface area contributed by atoms with E-state index in [9.17, 15) is 0 Å². The van der Waals surface area contributed by atoms with Crippen molar-refractivity contribution in [2.45, 2.75) is 51.7 Å².